The van der Waals surface area contributed by atoms with Crippen LogP contribution in [0.2, 0.25) is 0 Å². The summed E-state index contributed by atoms with van der Waals surface area (Å²) in [4.78, 5) is 12.4. The lowest BCUT2D eigenvalue weighted by atomic mass is 9.54. The Morgan fingerprint density at radius 3 is 2.32 bits per heavy atom. The van der Waals surface area contributed by atoms with Crippen LogP contribution in [0.3, 0.4) is 0 Å². The summed E-state index contributed by atoms with van der Waals surface area (Å²) in [6, 6.07) is 6.13. The van der Waals surface area contributed by atoms with Crippen LogP contribution in [0.15, 0.2) is 18.2 Å². The van der Waals surface area contributed by atoms with Gasteiger partial charge in [0.1, 0.15) is 5.82 Å². The van der Waals surface area contributed by atoms with Crippen LogP contribution in [0.25, 0.3) is 0 Å². The van der Waals surface area contributed by atoms with E-state index in [2.05, 4.69) is 5.32 Å². The van der Waals surface area contributed by atoms with E-state index in [9.17, 15) is 9.18 Å². The van der Waals surface area contributed by atoms with E-state index >= 15 is 0 Å². The van der Waals surface area contributed by atoms with Gasteiger partial charge in [0, 0.05) is 6.04 Å². The van der Waals surface area contributed by atoms with Crippen LogP contribution in [0.4, 0.5) is 4.39 Å². The Bertz CT molecular complexity index is 636. The van der Waals surface area contributed by atoms with Gasteiger partial charge in [-0.2, -0.15) is 5.26 Å². The van der Waals surface area contributed by atoms with Gasteiger partial charge >= 0.3 is 0 Å². The largest absolute Gasteiger partial charge is 0.349 e. The third kappa shape index (κ3) is 2.20. The third-order valence-electron chi connectivity index (χ3n) is 5.87. The summed E-state index contributed by atoms with van der Waals surface area (Å²) >= 11 is 0. The number of carbonyl (C=O) groups excluding carboxylic acids is 1. The maximum absolute atomic E-state index is 14.0. The molecule has 4 aliphatic carbocycles. The number of nitriles is 1. The molecule has 0 radical (unpaired) electrons. The first-order chi connectivity index (χ1) is 10.6. The van der Waals surface area contributed by atoms with Gasteiger partial charge in [0.2, 0.25) is 0 Å². The van der Waals surface area contributed by atoms with Crippen LogP contribution in [-0.4, -0.2) is 11.9 Å². The summed E-state index contributed by atoms with van der Waals surface area (Å²) in [7, 11) is 0. The second kappa shape index (κ2) is 5.08. The van der Waals surface area contributed by atoms with Crippen LogP contribution < -0.4 is 5.32 Å². The summed E-state index contributed by atoms with van der Waals surface area (Å²) in [5, 5.41) is 11.9. The van der Waals surface area contributed by atoms with Gasteiger partial charge in [-0.3, -0.25) is 4.79 Å². The van der Waals surface area contributed by atoms with Crippen LogP contribution in [0.5, 0.6) is 0 Å². The van der Waals surface area contributed by atoms with Crippen LogP contribution >= 0.6 is 0 Å². The summed E-state index contributed by atoms with van der Waals surface area (Å²) < 4.78 is 14.0. The van der Waals surface area contributed by atoms with E-state index in [1.165, 1.54) is 44.2 Å². The molecule has 5 rings (SSSR count). The molecule has 4 fully saturated rings. The zero-order chi connectivity index (χ0) is 15.3. The maximum atomic E-state index is 14.0. The van der Waals surface area contributed by atoms with E-state index in [-0.39, 0.29) is 23.1 Å². The normalized spacial score (nSPS) is 35.2. The first-order valence-electron chi connectivity index (χ1n) is 8.14. The van der Waals surface area contributed by atoms with Crippen molar-refractivity contribution in [2.45, 2.75) is 38.1 Å². The zero-order valence-electron chi connectivity index (χ0n) is 12.4. The van der Waals surface area contributed by atoms with Crippen LogP contribution in [-0.2, 0) is 0 Å². The molecule has 4 aliphatic rings. The molecule has 1 N–H and O–H groups in total. The van der Waals surface area contributed by atoms with Gasteiger partial charge in [0.25, 0.3) is 5.91 Å². The van der Waals surface area contributed by atoms with Gasteiger partial charge in [-0.15, -0.1) is 0 Å². The maximum Gasteiger partial charge on any atom is 0.254 e. The van der Waals surface area contributed by atoms with Crippen LogP contribution in [0.1, 0.15) is 48.0 Å². The Morgan fingerprint density at radius 1 is 1.14 bits per heavy atom. The molecule has 3 nitrogen and oxygen atoms in total. The number of hydrogen-bond donors (Lipinski definition) is 1. The van der Waals surface area contributed by atoms with Crippen molar-refractivity contribution < 1.29 is 9.18 Å². The van der Waals surface area contributed by atoms with Crippen molar-refractivity contribution in [1.29, 1.82) is 5.26 Å². The molecule has 0 aliphatic heterocycles. The highest BCUT2D eigenvalue weighted by Gasteiger charge is 2.48. The SMILES string of the molecule is N#Cc1ccc(C(=O)NC2C3CC4CC(C3)CC2C4)c(F)c1. The number of amides is 1. The highest BCUT2D eigenvalue weighted by Crippen LogP contribution is 2.53. The van der Waals surface area contributed by atoms with E-state index < -0.39 is 5.82 Å². The van der Waals surface area contributed by atoms with E-state index in [0.29, 0.717) is 11.8 Å². The highest BCUT2D eigenvalue weighted by molar-refractivity contribution is 5.94. The molecule has 0 saturated heterocycles. The molecule has 4 bridgehead atoms. The summed E-state index contributed by atoms with van der Waals surface area (Å²) in [6.45, 7) is 0. The van der Waals surface area contributed by atoms with Crippen molar-refractivity contribution in [3.05, 3.63) is 35.1 Å². The third-order valence-corrected chi connectivity index (χ3v) is 5.87. The monoisotopic (exact) mass is 298 g/mol. The molecule has 0 aromatic heterocycles. The van der Waals surface area contributed by atoms with Crippen molar-refractivity contribution in [2.75, 3.05) is 0 Å². The first-order valence-corrected chi connectivity index (χ1v) is 8.14. The van der Waals surface area contributed by atoms with E-state index in [0.717, 1.165) is 17.9 Å². The van der Waals surface area contributed by atoms with Crippen molar-refractivity contribution in [3.8, 4) is 6.07 Å². The molecule has 4 heteroatoms. The van der Waals surface area contributed by atoms with Gasteiger partial charge in [-0.05, 0) is 74.0 Å². The lowest BCUT2D eigenvalue weighted by Gasteiger charge is -2.54. The summed E-state index contributed by atoms with van der Waals surface area (Å²) in [5.41, 5.74) is 0.288. The van der Waals surface area contributed by atoms with Gasteiger partial charge < -0.3 is 5.32 Å². The number of nitrogens with zero attached hydrogens (tertiary/aromatic N) is 1. The Morgan fingerprint density at radius 2 is 1.77 bits per heavy atom. The van der Waals surface area contributed by atoms with Gasteiger partial charge in [0.15, 0.2) is 0 Å². The molecule has 0 spiro atoms. The van der Waals surface area contributed by atoms with E-state index in [1.54, 1.807) is 0 Å². The molecule has 22 heavy (non-hydrogen) atoms. The molecule has 4 saturated carbocycles. The first kappa shape index (κ1) is 13.8. The minimum absolute atomic E-state index is 0.0489. The molecular formula is C18H19FN2O. The number of carbonyl (C=O) groups is 1. The Labute approximate surface area is 129 Å². The fourth-order valence-corrected chi connectivity index (χ4v) is 5.16. The fraction of sp³-hybridized carbons (Fsp3) is 0.556. The number of nitrogens with one attached hydrogen (secondary N) is 1. The quantitative estimate of drug-likeness (QED) is 0.911. The number of halogens is 1. The van der Waals surface area contributed by atoms with E-state index in [1.807, 2.05) is 6.07 Å². The lowest BCUT2D eigenvalue weighted by molar-refractivity contribution is -0.0120. The molecule has 1 aromatic rings. The standard InChI is InChI=1S/C18H19FN2O/c19-16-8-10(9-20)1-2-15(16)18(22)21-17-13-4-11-3-12(6-13)7-14(17)5-11/h1-2,8,11-14,17H,3-7H2,(H,21,22). The summed E-state index contributed by atoms with van der Waals surface area (Å²) in [5.74, 6) is 1.90. The minimum atomic E-state index is -0.611. The second-order valence-electron chi connectivity index (χ2n) is 7.24. The van der Waals surface area contributed by atoms with Crippen molar-refractivity contribution >= 4 is 5.91 Å². The van der Waals surface area contributed by atoms with Gasteiger partial charge in [0.05, 0.1) is 17.2 Å². The predicted molar refractivity (Wildman–Crippen MR) is 79.4 cm³/mol. The molecule has 1 amide bonds. The Balaban J connectivity index is 1.52. The average molecular weight is 298 g/mol. The lowest BCUT2D eigenvalue weighted by Crippen LogP contribution is -2.55. The molecule has 0 heterocycles. The number of benzene rings is 1. The average Bonchev–Trinajstić information content (AvgIpc) is 2.49. The molecule has 114 valence electrons. The smallest absolute Gasteiger partial charge is 0.254 e. The number of hydrogen-bond acceptors (Lipinski definition) is 2. The molecular weight excluding hydrogens is 279 g/mol. The molecule has 0 unspecified atom stereocenters. The second-order valence-corrected chi connectivity index (χ2v) is 7.24. The van der Waals surface area contributed by atoms with Gasteiger partial charge in [-0.1, -0.05) is 0 Å². The fourth-order valence-electron chi connectivity index (χ4n) is 5.16. The Hall–Kier alpha value is -1.89. The highest BCUT2D eigenvalue weighted by atomic mass is 19.1. The van der Waals surface area contributed by atoms with Gasteiger partial charge in [-0.25, -0.2) is 4.39 Å². The minimum Gasteiger partial charge on any atom is -0.349 e. The van der Waals surface area contributed by atoms with Crippen LogP contribution in [0, 0.1) is 40.8 Å². The summed E-state index contributed by atoms with van der Waals surface area (Å²) in [6.07, 6.45) is 6.24. The topological polar surface area (TPSA) is 52.9 Å². The van der Waals surface area contributed by atoms with Crippen molar-refractivity contribution in [3.63, 3.8) is 0 Å². The van der Waals surface area contributed by atoms with E-state index in [4.69, 9.17) is 5.26 Å². The predicted octanol–water partition coefficient (Wildman–Crippen LogP) is 3.25. The zero-order valence-corrected chi connectivity index (χ0v) is 12.4. The Kier molecular flexibility index (Phi) is 3.18. The van der Waals surface area contributed by atoms with Crippen molar-refractivity contribution in [2.24, 2.45) is 23.7 Å². The number of rotatable bonds is 2. The molecule has 0 atom stereocenters. The van der Waals surface area contributed by atoms with Crippen molar-refractivity contribution in [1.82, 2.24) is 5.32 Å². The molecule has 1 aromatic carbocycles.